The van der Waals surface area contributed by atoms with Gasteiger partial charge in [-0.05, 0) is 105 Å². The van der Waals surface area contributed by atoms with Crippen LogP contribution in [0.3, 0.4) is 0 Å². The fourth-order valence-electron chi connectivity index (χ4n) is 8.29. The lowest BCUT2D eigenvalue weighted by atomic mass is 9.80. The first-order chi connectivity index (χ1) is 24.9. The van der Waals surface area contributed by atoms with Crippen LogP contribution in [0.5, 0.6) is 0 Å². The van der Waals surface area contributed by atoms with E-state index in [9.17, 15) is 0 Å². The molecule has 7 aromatic carbocycles. The SMILES string of the molecule is Cc1ccc(-c2cc(C3=NC(c4ccccc4)N(C)C(c4ccccc4)N3)cc(-c3cc4c(c5ccccc35)-c3ccccc3C4(C)C)c2)cc1. The second-order valence-corrected chi connectivity index (χ2v) is 14.6. The summed E-state index contributed by atoms with van der Waals surface area (Å²) in [5.74, 6) is 0.893. The van der Waals surface area contributed by atoms with E-state index in [0.717, 1.165) is 11.4 Å². The van der Waals surface area contributed by atoms with Gasteiger partial charge in [-0.2, -0.15) is 0 Å². The zero-order valence-corrected chi connectivity index (χ0v) is 29.6. The Balaban J connectivity index is 1.28. The maximum absolute atomic E-state index is 5.46. The molecule has 2 aliphatic rings. The van der Waals surface area contributed by atoms with Crippen LogP contribution in [0.2, 0.25) is 0 Å². The van der Waals surface area contributed by atoms with Crippen LogP contribution >= 0.6 is 0 Å². The summed E-state index contributed by atoms with van der Waals surface area (Å²) < 4.78 is 0. The van der Waals surface area contributed by atoms with Gasteiger partial charge in [0.1, 0.15) is 18.2 Å². The first-order valence-electron chi connectivity index (χ1n) is 17.9. The van der Waals surface area contributed by atoms with Crippen LogP contribution < -0.4 is 5.32 Å². The molecular weight excluding hydrogens is 619 g/mol. The van der Waals surface area contributed by atoms with Crippen LogP contribution in [0.15, 0.2) is 163 Å². The van der Waals surface area contributed by atoms with Crippen LogP contribution in [0.4, 0.5) is 0 Å². The minimum Gasteiger partial charge on any atom is -0.350 e. The van der Waals surface area contributed by atoms with Crippen molar-refractivity contribution >= 4 is 16.6 Å². The minimum atomic E-state index is -0.153. The highest BCUT2D eigenvalue weighted by molar-refractivity contribution is 6.10. The standard InChI is InChI=1S/C48H41N3/c1-31-23-25-32(26-24-31)35-27-36(41-30-43-44(39-20-12-11-19-38(39)41)40-21-13-14-22-42(40)48(43,2)3)29-37(28-35)45-49-46(33-15-7-5-8-16-33)51(4)47(50-45)34-17-9-6-10-18-34/h5-30,46-47H,1-4H3,(H,49,50). The summed E-state index contributed by atoms with van der Waals surface area (Å²) in [4.78, 5) is 7.79. The fourth-order valence-corrected chi connectivity index (χ4v) is 8.29. The molecule has 0 saturated carbocycles. The van der Waals surface area contributed by atoms with E-state index in [4.69, 9.17) is 4.99 Å². The van der Waals surface area contributed by atoms with Crippen LogP contribution in [0, 0.1) is 6.92 Å². The van der Waals surface area contributed by atoms with E-state index in [-0.39, 0.29) is 17.7 Å². The molecule has 2 unspecified atom stereocenters. The van der Waals surface area contributed by atoms with Gasteiger partial charge in [-0.1, -0.05) is 153 Å². The summed E-state index contributed by atoms with van der Waals surface area (Å²) in [5, 5.41) is 6.44. The first kappa shape index (κ1) is 31.2. The second-order valence-electron chi connectivity index (χ2n) is 14.6. The Labute approximate surface area is 301 Å². The maximum Gasteiger partial charge on any atom is 0.132 e. The number of hydrogen-bond acceptors (Lipinski definition) is 3. The Bertz CT molecular complexity index is 2440. The number of hydrogen-bond donors (Lipinski definition) is 1. The molecule has 2 atom stereocenters. The quantitative estimate of drug-likeness (QED) is 0.199. The molecule has 248 valence electrons. The fraction of sp³-hybridized carbons (Fsp3) is 0.146. The Morgan fingerprint density at radius 2 is 1.16 bits per heavy atom. The van der Waals surface area contributed by atoms with Crippen molar-refractivity contribution in [2.24, 2.45) is 4.99 Å². The monoisotopic (exact) mass is 659 g/mol. The molecule has 3 nitrogen and oxygen atoms in total. The number of nitrogens with one attached hydrogen (secondary N) is 1. The molecule has 0 fully saturated rings. The summed E-state index contributed by atoms with van der Waals surface area (Å²) in [6.45, 7) is 6.89. The van der Waals surface area contributed by atoms with E-state index in [1.54, 1.807) is 0 Å². The lowest BCUT2D eigenvalue weighted by molar-refractivity contribution is 0.152. The van der Waals surface area contributed by atoms with E-state index >= 15 is 0 Å². The molecule has 0 amide bonds. The van der Waals surface area contributed by atoms with Gasteiger partial charge < -0.3 is 5.32 Å². The molecule has 7 aromatic rings. The van der Waals surface area contributed by atoms with Crippen molar-refractivity contribution in [3.8, 4) is 33.4 Å². The molecule has 0 spiro atoms. The van der Waals surface area contributed by atoms with E-state index in [2.05, 4.69) is 196 Å². The van der Waals surface area contributed by atoms with Gasteiger partial charge in [-0.25, -0.2) is 4.99 Å². The minimum absolute atomic E-state index is 0.0597. The van der Waals surface area contributed by atoms with Crippen LogP contribution in [0.1, 0.15) is 59.6 Å². The zero-order valence-electron chi connectivity index (χ0n) is 29.6. The predicted octanol–water partition coefficient (Wildman–Crippen LogP) is 11.5. The van der Waals surface area contributed by atoms with Crippen LogP contribution in [-0.4, -0.2) is 17.8 Å². The maximum atomic E-state index is 5.46. The van der Waals surface area contributed by atoms with E-state index in [1.807, 2.05) is 0 Å². The number of nitrogens with zero attached hydrogens (tertiary/aromatic N) is 2. The summed E-state index contributed by atoms with van der Waals surface area (Å²) in [7, 11) is 2.16. The molecule has 51 heavy (non-hydrogen) atoms. The Hall–Kier alpha value is -5.77. The van der Waals surface area contributed by atoms with Crippen LogP contribution in [-0.2, 0) is 5.41 Å². The highest BCUT2D eigenvalue weighted by Gasteiger charge is 2.37. The van der Waals surface area contributed by atoms with Crippen molar-refractivity contribution in [3.63, 3.8) is 0 Å². The van der Waals surface area contributed by atoms with Gasteiger partial charge in [0.2, 0.25) is 0 Å². The number of amidine groups is 1. The third-order valence-corrected chi connectivity index (χ3v) is 11.0. The highest BCUT2D eigenvalue weighted by Crippen LogP contribution is 2.53. The summed E-state index contributed by atoms with van der Waals surface area (Å²) in [6, 6.07) is 57.6. The summed E-state index contributed by atoms with van der Waals surface area (Å²) in [6.07, 6.45) is -0.213. The lowest BCUT2D eigenvalue weighted by Crippen LogP contribution is -2.45. The average Bonchev–Trinajstić information content (AvgIpc) is 3.41. The predicted molar refractivity (Wildman–Crippen MR) is 213 cm³/mol. The average molecular weight is 660 g/mol. The molecule has 1 N–H and O–H groups in total. The molecule has 0 saturated heterocycles. The Morgan fingerprint density at radius 3 is 1.90 bits per heavy atom. The van der Waals surface area contributed by atoms with Crippen molar-refractivity contribution < 1.29 is 0 Å². The molecule has 1 aliphatic heterocycles. The summed E-state index contributed by atoms with van der Waals surface area (Å²) >= 11 is 0. The molecular formula is C48H41N3. The van der Waals surface area contributed by atoms with Crippen molar-refractivity contribution in [1.82, 2.24) is 10.2 Å². The number of rotatable bonds is 5. The molecule has 1 heterocycles. The van der Waals surface area contributed by atoms with Crippen molar-refractivity contribution in [1.29, 1.82) is 0 Å². The topological polar surface area (TPSA) is 27.6 Å². The van der Waals surface area contributed by atoms with Gasteiger partial charge in [0, 0.05) is 11.0 Å². The molecule has 0 bridgehead atoms. The second kappa shape index (κ2) is 12.2. The Morgan fingerprint density at radius 1 is 0.549 bits per heavy atom. The zero-order chi connectivity index (χ0) is 34.7. The molecule has 1 aliphatic carbocycles. The number of aryl methyl sites for hydroxylation is 1. The first-order valence-corrected chi connectivity index (χ1v) is 17.9. The van der Waals surface area contributed by atoms with Gasteiger partial charge in [-0.15, -0.1) is 0 Å². The van der Waals surface area contributed by atoms with Crippen LogP contribution in [0.25, 0.3) is 44.2 Å². The lowest BCUT2D eigenvalue weighted by Gasteiger charge is -2.39. The van der Waals surface area contributed by atoms with Crippen molar-refractivity contribution in [3.05, 3.63) is 191 Å². The number of benzene rings is 7. The molecule has 0 radical (unpaired) electrons. The van der Waals surface area contributed by atoms with Gasteiger partial charge in [0.15, 0.2) is 0 Å². The number of fused-ring (bicyclic) bond motifs is 5. The van der Waals surface area contributed by atoms with Gasteiger partial charge >= 0.3 is 0 Å². The smallest absolute Gasteiger partial charge is 0.132 e. The molecule has 3 heteroatoms. The third kappa shape index (κ3) is 5.28. The van der Waals surface area contributed by atoms with E-state index < -0.39 is 0 Å². The normalized spacial score (nSPS) is 17.8. The van der Waals surface area contributed by atoms with Gasteiger partial charge in [0.05, 0.1) is 0 Å². The summed E-state index contributed by atoms with van der Waals surface area (Å²) in [5.41, 5.74) is 14.8. The van der Waals surface area contributed by atoms with E-state index in [1.165, 1.54) is 72.0 Å². The Kier molecular flexibility index (Phi) is 7.49. The third-order valence-electron chi connectivity index (χ3n) is 11.0. The van der Waals surface area contributed by atoms with E-state index in [0.29, 0.717) is 0 Å². The van der Waals surface area contributed by atoms with Crippen molar-refractivity contribution in [2.75, 3.05) is 7.05 Å². The number of aliphatic imine (C=N–C) groups is 1. The molecule has 0 aromatic heterocycles. The largest absolute Gasteiger partial charge is 0.350 e. The molecule has 9 rings (SSSR count). The van der Waals surface area contributed by atoms with Crippen molar-refractivity contribution in [2.45, 2.75) is 38.5 Å². The highest BCUT2D eigenvalue weighted by atomic mass is 15.4. The van der Waals surface area contributed by atoms with Gasteiger partial charge in [-0.3, -0.25) is 4.90 Å². The van der Waals surface area contributed by atoms with Gasteiger partial charge in [0.25, 0.3) is 0 Å².